The Morgan fingerprint density at radius 3 is 2.70 bits per heavy atom. The van der Waals surface area contributed by atoms with Crippen LogP contribution in [0.3, 0.4) is 0 Å². The van der Waals surface area contributed by atoms with Gasteiger partial charge in [-0.1, -0.05) is 0 Å². The maximum absolute atomic E-state index is 11.8. The van der Waals surface area contributed by atoms with Gasteiger partial charge >= 0.3 is 5.97 Å². The van der Waals surface area contributed by atoms with Crippen molar-refractivity contribution in [2.75, 3.05) is 33.9 Å². The molecule has 0 aromatic carbocycles. The molecular weight excluding hydrogens is 298 g/mol. The SMILES string of the molecule is COCC[C@@]1(C(=O)O)CCCN(Cc2cnc(COC)nc2)C1. The monoisotopic (exact) mass is 323 g/mol. The van der Waals surface area contributed by atoms with Crippen LogP contribution in [-0.2, 0) is 27.4 Å². The number of hydrogen-bond acceptors (Lipinski definition) is 6. The van der Waals surface area contributed by atoms with Crippen LogP contribution in [0, 0.1) is 5.41 Å². The predicted molar refractivity (Wildman–Crippen MR) is 83.8 cm³/mol. The summed E-state index contributed by atoms with van der Waals surface area (Å²) < 4.78 is 10.1. The smallest absolute Gasteiger partial charge is 0.311 e. The third kappa shape index (κ3) is 4.70. The van der Waals surface area contributed by atoms with E-state index in [1.165, 1.54) is 0 Å². The number of rotatable bonds is 8. The van der Waals surface area contributed by atoms with E-state index in [1.807, 2.05) is 0 Å². The van der Waals surface area contributed by atoms with Gasteiger partial charge in [0.25, 0.3) is 0 Å². The van der Waals surface area contributed by atoms with E-state index in [0.29, 0.717) is 45.0 Å². The molecule has 7 heteroatoms. The minimum absolute atomic E-state index is 0.392. The molecule has 128 valence electrons. The lowest BCUT2D eigenvalue weighted by molar-refractivity contribution is -0.154. The molecule has 1 aromatic rings. The molecule has 0 radical (unpaired) electrons. The minimum Gasteiger partial charge on any atom is -0.481 e. The lowest BCUT2D eigenvalue weighted by Gasteiger charge is -2.39. The molecule has 1 fully saturated rings. The molecule has 0 amide bonds. The van der Waals surface area contributed by atoms with Crippen molar-refractivity contribution in [3.63, 3.8) is 0 Å². The van der Waals surface area contributed by atoms with Crippen LogP contribution in [0.25, 0.3) is 0 Å². The second kappa shape index (κ2) is 8.33. The highest BCUT2D eigenvalue weighted by Crippen LogP contribution is 2.34. The lowest BCUT2D eigenvalue weighted by Crippen LogP contribution is -2.48. The molecule has 1 saturated heterocycles. The van der Waals surface area contributed by atoms with Crippen LogP contribution in [0.4, 0.5) is 0 Å². The minimum atomic E-state index is -0.731. The van der Waals surface area contributed by atoms with Crippen LogP contribution >= 0.6 is 0 Å². The highest BCUT2D eigenvalue weighted by atomic mass is 16.5. The van der Waals surface area contributed by atoms with Gasteiger partial charge in [-0.3, -0.25) is 9.69 Å². The van der Waals surface area contributed by atoms with Gasteiger partial charge in [0.1, 0.15) is 6.61 Å². The van der Waals surface area contributed by atoms with E-state index < -0.39 is 11.4 Å². The Hall–Kier alpha value is -1.57. The summed E-state index contributed by atoms with van der Waals surface area (Å²) in [5.41, 5.74) is 0.267. The fourth-order valence-electron chi connectivity index (χ4n) is 3.07. The molecule has 0 unspecified atom stereocenters. The first kappa shape index (κ1) is 17.8. The average molecular weight is 323 g/mol. The van der Waals surface area contributed by atoms with Crippen LogP contribution in [0.15, 0.2) is 12.4 Å². The second-order valence-corrected chi connectivity index (χ2v) is 6.08. The average Bonchev–Trinajstić information content (AvgIpc) is 2.55. The van der Waals surface area contributed by atoms with E-state index in [9.17, 15) is 9.90 Å². The number of ether oxygens (including phenoxy) is 2. The van der Waals surface area contributed by atoms with Crippen molar-refractivity contribution in [2.45, 2.75) is 32.4 Å². The Labute approximate surface area is 136 Å². The molecule has 0 bridgehead atoms. The van der Waals surface area contributed by atoms with Crippen molar-refractivity contribution in [3.8, 4) is 0 Å². The molecule has 2 rings (SSSR count). The number of hydrogen-bond donors (Lipinski definition) is 1. The number of likely N-dealkylation sites (tertiary alicyclic amines) is 1. The summed E-state index contributed by atoms with van der Waals surface area (Å²) in [5, 5.41) is 9.67. The molecular formula is C16H25N3O4. The van der Waals surface area contributed by atoms with Crippen LogP contribution in [0.1, 0.15) is 30.7 Å². The summed E-state index contributed by atoms with van der Waals surface area (Å²) in [6.07, 6.45) is 5.68. The summed E-state index contributed by atoms with van der Waals surface area (Å²) >= 11 is 0. The van der Waals surface area contributed by atoms with Gasteiger partial charge in [0.05, 0.1) is 5.41 Å². The first-order valence-electron chi connectivity index (χ1n) is 7.83. The topological polar surface area (TPSA) is 84.8 Å². The number of carboxylic acid groups (broad SMARTS) is 1. The Morgan fingerprint density at radius 2 is 2.09 bits per heavy atom. The summed E-state index contributed by atoms with van der Waals surface area (Å²) in [6.45, 7) is 2.95. The van der Waals surface area contributed by atoms with Gasteiger partial charge in [-0.15, -0.1) is 0 Å². The lowest BCUT2D eigenvalue weighted by atomic mass is 9.77. The van der Waals surface area contributed by atoms with E-state index >= 15 is 0 Å². The summed E-state index contributed by atoms with van der Waals surface area (Å²) in [6, 6.07) is 0. The van der Waals surface area contributed by atoms with Crippen LogP contribution in [-0.4, -0.2) is 59.9 Å². The largest absolute Gasteiger partial charge is 0.481 e. The zero-order chi connectivity index (χ0) is 16.7. The fraction of sp³-hybridized carbons (Fsp3) is 0.688. The van der Waals surface area contributed by atoms with Crippen molar-refractivity contribution < 1.29 is 19.4 Å². The maximum atomic E-state index is 11.8. The van der Waals surface area contributed by atoms with Crippen molar-refractivity contribution >= 4 is 5.97 Å². The standard InChI is InChI=1S/C16H25N3O4/c1-22-7-5-16(15(20)21)4-3-6-19(12-16)10-13-8-17-14(11-23-2)18-9-13/h8-9H,3-7,10-12H2,1-2H3,(H,20,21)/t16-/m0/s1. The van der Waals surface area contributed by atoms with Gasteiger partial charge < -0.3 is 14.6 Å². The number of piperidine rings is 1. The van der Waals surface area contributed by atoms with E-state index in [4.69, 9.17) is 9.47 Å². The number of aromatic nitrogens is 2. The molecule has 1 aromatic heterocycles. The van der Waals surface area contributed by atoms with Gasteiger partial charge in [0, 0.05) is 51.9 Å². The van der Waals surface area contributed by atoms with Crippen molar-refractivity contribution in [2.24, 2.45) is 5.41 Å². The first-order chi connectivity index (χ1) is 11.1. The summed E-state index contributed by atoms with van der Waals surface area (Å²) in [5.74, 6) is -0.0826. The Bertz CT molecular complexity index is 509. The van der Waals surface area contributed by atoms with Gasteiger partial charge in [0.2, 0.25) is 0 Å². The molecule has 0 aliphatic carbocycles. The van der Waals surface area contributed by atoms with E-state index in [0.717, 1.165) is 18.5 Å². The number of methoxy groups -OCH3 is 2. The van der Waals surface area contributed by atoms with Crippen LogP contribution < -0.4 is 0 Å². The molecule has 23 heavy (non-hydrogen) atoms. The predicted octanol–water partition coefficient (Wildman–Crippen LogP) is 1.33. The Kier molecular flexibility index (Phi) is 6.44. The third-order valence-electron chi connectivity index (χ3n) is 4.33. The maximum Gasteiger partial charge on any atom is 0.311 e. The van der Waals surface area contributed by atoms with Gasteiger partial charge in [-0.05, 0) is 25.8 Å². The molecule has 1 atom stereocenters. The van der Waals surface area contributed by atoms with E-state index in [-0.39, 0.29) is 0 Å². The van der Waals surface area contributed by atoms with Crippen LogP contribution in [0.5, 0.6) is 0 Å². The number of aliphatic carboxylic acids is 1. The molecule has 1 N–H and O–H groups in total. The molecule has 7 nitrogen and oxygen atoms in total. The molecule has 0 saturated carbocycles. The Balaban J connectivity index is 2.00. The van der Waals surface area contributed by atoms with Crippen molar-refractivity contribution in [1.82, 2.24) is 14.9 Å². The highest BCUT2D eigenvalue weighted by molar-refractivity contribution is 5.75. The molecule has 2 heterocycles. The number of nitrogens with zero attached hydrogens (tertiary/aromatic N) is 3. The summed E-state index contributed by atoms with van der Waals surface area (Å²) in [7, 11) is 3.21. The first-order valence-corrected chi connectivity index (χ1v) is 7.83. The van der Waals surface area contributed by atoms with E-state index in [1.54, 1.807) is 26.6 Å². The highest BCUT2D eigenvalue weighted by Gasteiger charge is 2.41. The third-order valence-corrected chi connectivity index (χ3v) is 4.33. The molecule has 0 spiro atoms. The zero-order valence-corrected chi connectivity index (χ0v) is 13.8. The fourth-order valence-corrected chi connectivity index (χ4v) is 3.07. The van der Waals surface area contributed by atoms with Crippen molar-refractivity contribution in [3.05, 3.63) is 23.8 Å². The number of carboxylic acids is 1. The molecule has 1 aliphatic rings. The quantitative estimate of drug-likeness (QED) is 0.772. The second-order valence-electron chi connectivity index (χ2n) is 6.08. The van der Waals surface area contributed by atoms with Crippen molar-refractivity contribution in [1.29, 1.82) is 0 Å². The summed E-state index contributed by atoms with van der Waals surface area (Å²) in [4.78, 5) is 22.5. The molecule has 1 aliphatic heterocycles. The zero-order valence-electron chi connectivity index (χ0n) is 13.8. The van der Waals surface area contributed by atoms with Gasteiger partial charge in [-0.25, -0.2) is 9.97 Å². The number of carbonyl (C=O) groups is 1. The van der Waals surface area contributed by atoms with Crippen LogP contribution in [0.2, 0.25) is 0 Å². The van der Waals surface area contributed by atoms with Gasteiger partial charge in [-0.2, -0.15) is 0 Å². The van der Waals surface area contributed by atoms with Gasteiger partial charge in [0.15, 0.2) is 5.82 Å². The van der Waals surface area contributed by atoms with E-state index in [2.05, 4.69) is 14.9 Å². The Morgan fingerprint density at radius 1 is 1.35 bits per heavy atom. The normalized spacial score (nSPS) is 22.2.